The van der Waals surface area contributed by atoms with E-state index in [2.05, 4.69) is 16.9 Å². The van der Waals surface area contributed by atoms with Crippen LogP contribution in [0, 0.1) is 16.5 Å². The van der Waals surface area contributed by atoms with Gasteiger partial charge in [0.1, 0.15) is 5.82 Å². The van der Waals surface area contributed by atoms with Gasteiger partial charge in [0.15, 0.2) is 4.77 Å². The van der Waals surface area contributed by atoms with Gasteiger partial charge in [0.25, 0.3) is 0 Å². The summed E-state index contributed by atoms with van der Waals surface area (Å²) in [5.74, 6) is 0.154. The summed E-state index contributed by atoms with van der Waals surface area (Å²) in [6, 6.07) is 3.07. The molecule has 2 aromatic rings. The maximum Gasteiger partial charge on any atom is 0.178 e. The van der Waals surface area contributed by atoms with E-state index in [1.165, 1.54) is 18.9 Å². The van der Waals surface area contributed by atoms with Gasteiger partial charge < -0.3 is 14.5 Å². The van der Waals surface area contributed by atoms with E-state index in [9.17, 15) is 4.39 Å². The van der Waals surface area contributed by atoms with E-state index >= 15 is 0 Å². The van der Waals surface area contributed by atoms with Gasteiger partial charge in [-0.2, -0.15) is 0 Å². The van der Waals surface area contributed by atoms with Crippen LogP contribution in [0.5, 0.6) is 0 Å². The van der Waals surface area contributed by atoms with Crippen molar-refractivity contribution in [3.8, 4) is 0 Å². The van der Waals surface area contributed by atoms with Crippen molar-refractivity contribution in [2.45, 2.75) is 19.4 Å². The first-order valence-corrected chi connectivity index (χ1v) is 7.59. The van der Waals surface area contributed by atoms with Crippen molar-refractivity contribution in [1.29, 1.82) is 0 Å². The molecule has 1 aliphatic rings. The fourth-order valence-electron chi connectivity index (χ4n) is 3.01. The Morgan fingerprint density at radius 3 is 3.05 bits per heavy atom. The van der Waals surface area contributed by atoms with E-state index in [-0.39, 0.29) is 5.02 Å². The third kappa shape index (κ3) is 2.62. The molecule has 1 aromatic heterocycles. The van der Waals surface area contributed by atoms with Crippen LogP contribution in [0.3, 0.4) is 0 Å². The molecular weight excluding hydrogens is 297 g/mol. The number of rotatable bonds is 2. The predicted octanol–water partition coefficient (Wildman–Crippen LogP) is 3.83. The Morgan fingerprint density at radius 1 is 1.50 bits per heavy atom. The first kappa shape index (κ1) is 14.0. The number of imidazole rings is 1. The number of hydrogen-bond donors (Lipinski definition) is 1. The Labute approximate surface area is 127 Å². The van der Waals surface area contributed by atoms with Crippen molar-refractivity contribution < 1.29 is 4.39 Å². The largest absolute Gasteiger partial charge is 0.331 e. The number of aromatic amines is 1. The summed E-state index contributed by atoms with van der Waals surface area (Å²) in [5.41, 5.74) is 1.59. The normalized spacial score (nSPS) is 20.6. The van der Waals surface area contributed by atoms with Gasteiger partial charge in [-0.15, -0.1) is 0 Å². The summed E-state index contributed by atoms with van der Waals surface area (Å²) in [5, 5.41) is 0.123. The number of halogens is 2. The molecule has 1 atom stereocenters. The van der Waals surface area contributed by atoms with Gasteiger partial charge in [-0.3, -0.25) is 0 Å². The molecule has 1 N–H and O–H groups in total. The van der Waals surface area contributed by atoms with Crippen molar-refractivity contribution >= 4 is 34.9 Å². The van der Waals surface area contributed by atoms with Gasteiger partial charge in [-0.05, 0) is 50.6 Å². The maximum atomic E-state index is 13.7. The van der Waals surface area contributed by atoms with Crippen LogP contribution >= 0.6 is 23.8 Å². The van der Waals surface area contributed by atoms with Gasteiger partial charge in [0, 0.05) is 19.2 Å². The van der Waals surface area contributed by atoms with Crippen LogP contribution in [0.2, 0.25) is 5.02 Å². The van der Waals surface area contributed by atoms with Gasteiger partial charge in [0.2, 0.25) is 0 Å². The highest BCUT2D eigenvalue weighted by Crippen LogP contribution is 2.25. The van der Waals surface area contributed by atoms with E-state index in [1.54, 1.807) is 6.07 Å². The third-order valence-electron chi connectivity index (χ3n) is 3.98. The Hall–Kier alpha value is -0.910. The Morgan fingerprint density at radius 2 is 2.30 bits per heavy atom. The van der Waals surface area contributed by atoms with Crippen molar-refractivity contribution in [2.75, 3.05) is 20.1 Å². The summed E-state index contributed by atoms with van der Waals surface area (Å²) >= 11 is 11.2. The molecule has 1 fully saturated rings. The lowest BCUT2D eigenvalue weighted by Crippen LogP contribution is -2.34. The number of likely N-dealkylation sites (tertiary alicyclic amines) is 1. The molecule has 1 saturated heterocycles. The van der Waals surface area contributed by atoms with Crippen LogP contribution in [0.15, 0.2) is 12.1 Å². The molecule has 6 heteroatoms. The van der Waals surface area contributed by atoms with Crippen LogP contribution in [0.25, 0.3) is 11.0 Å². The molecule has 0 aliphatic carbocycles. The van der Waals surface area contributed by atoms with Crippen molar-refractivity contribution in [3.63, 3.8) is 0 Å². The Bertz CT molecular complexity index is 694. The van der Waals surface area contributed by atoms with Crippen molar-refractivity contribution in [1.82, 2.24) is 14.5 Å². The molecular formula is C14H17ClFN3S. The van der Waals surface area contributed by atoms with Crippen LogP contribution < -0.4 is 0 Å². The highest BCUT2D eigenvalue weighted by atomic mass is 35.5. The number of benzene rings is 1. The zero-order valence-corrected chi connectivity index (χ0v) is 12.9. The molecule has 0 spiro atoms. The summed E-state index contributed by atoms with van der Waals surface area (Å²) in [6.45, 7) is 3.04. The van der Waals surface area contributed by atoms with Crippen LogP contribution in [0.4, 0.5) is 4.39 Å². The second-order valence-electron chi connectivity index (χ2n) is 5.59. The zero-order valence-electron chi connectivity index (χ0n) is 11.3. The lowest BCUT2D eigenvalue weighted by molar-refractivity contribution is 0.195. The molecule has 0 saturated carbocycles. The highest BCUT2D eigenvalue weighted by molar-refractivity contribution is 7.71. The minimum Gasteiger partial charge on any atom is -0.331 e. The molecule has 0 amide bonds. The summed E-state index contributed by atoms with van der Waals surface area (Å²) in [7, 11) is 2.14. The fourth-order valence-corrected chi connectivity index (χ4v) is 3.46. The smallest absolute Gasteiger partial charge is 0.178 e. The summed E-state index contributed by atoms with van der Waals surface area (Å²) in [6.07, 6.45) is 2.39. The molecule has 0 radical (unpaired) electrons. The molecule has 3 rings (SSSR count). The van der Waals surface area contributed by atoms with E-state index in [0.29, 0.717) is 10.7 Å². The second kappa shape index (κ2) is 5.47. The van der Waals surface area contributed by atoms with Gasteiger partial charge >= 0.3 is 0 Å². The molecule has 108 valence electrons. The van der Waals surface area contributed by atoms with Crippen LogP contribution in [-0.4, -0.2) is 34.6 Å². The number of H-pyrrole nitrogens is 1. The second-order valence-corrected chi connectivity index (χ2v) is 6.39. The number of nitrogens with zero attached hydrogens (tertiary/aromatic N) is 2. The molecule has 2 heterocycles. The fraction of sp³-hybridized carbons (Fsp3) is 0.500. The van der Waals surface area contributed by atoms with E-state index in [1.807, 2.05) is 4.57 Å². The molecule has 20 heavy (non-hydrogen) atoms. The minimum absolute atomic E-state index is 0.123. The third-order valence-corrected chi connectivity index (χ3v) is 4.59. The Kier molecular flexibility index (Phi) is 3.84. The standard InChI is InChI=1S/C14H17ClFN3S/c1-18-4-2-3-9(7-18)8-19-13-6-11(16)10(15)5-12(13)17-14(19)20/h5-6,9H,2-4,7-8H2,1H3,(H,17,20). The van der Waals surface area contributed by atoms with E-state index < -0.39 is 5.82 Å². The van der Waals surface area contributed by atoms with Crippen molar-refractivity contribution in [2.24, 2.45) is 5.92 Å². The molecule has 3 nitrogen and oxygen atoms in total. The topological polar surface area (TPSA) is 24.0 Å². The van der Waals surface area contributed by atoms with Crippen LogP contribution in [0.1, 0.15) is 12.8 Å². The van der Waals surface area contributed by atoms with Crippen LogP contribution in [-0.2, 0) is 6.54 Å². The van der Waals surface area contributed by atoms with Gasteiger partial charge in [-0.25, -0.2) is 4.39 Å². The quantitative estimate of drug-likeness (QED) is 0.852. The predicted molar refractivity (Wildman–Crippen MR) is 82.3 cm³/mol. The number of nitrogens with one attached hydrogen (secondary N) is 1. The number of piperidine rings is 1. The zero-order chi connectivity index (χ0) is 14.3. The molecule has 1 aliphatic heterocycles. The number of hydrogen-bond acceptors (Lipinski definition) is 2. The highest BCUT2D eigenvalue weighted by Gasteiger charge is 2.19. The number of aromatic nitrogens is 2. The van der Waals surface area contributed by atoms with E-state index in [4.69, 9.17) is 23.8 Å². The lowest BCUT2D eigenvalue weighted by Gasteiger charge is -2.29. The minimum atomic E-state index is -0.400. The van der Waals surface area contributed by atoms with E-state index in [0.717, 1.165) is 30.7 Å². The summed E-state index contributed by atoms with van der Waals surface area (Å²) < 4.78 is 16.3. The molecule has 1 aromatic carbocycles. The average Bonchev–Trinajstić information content (AvgIpc) is 2.67. The molecule has 0 bridgehead atoms. The van der Waals surface area contributed by atoms with Gasteiger partial charge in [0.05, 0.1) is 16.1 Å². The first-order valence-electron chi connectivity index (χ1n) is 6.80. The summed E-state index contributed by atoms with van der Waals surface area (Å²) in [4.78, 5) is 5.45. The SMILES string of the molecule is CN1CCCC(Cn2c(=S)[nH]c3cc(Cl)c(F)cc32)C1. The molecule has 1 unspecified atom stereocenters. The van der Waals surface area contributed by atoms with Gasteiger partial charge in [-0.1, -0.05) is 11.6 Å². The number of fused-ring (bicyclic) bond motifs is 1. The Balaban J connectivity index is 1.96. The first-order chi connectivity index (χ1) is 9.54. The maximum absolute atomic E-state index is 13.7. The average molecular weight is 314 g/mol. The lowest BCUT2D eigenvalue weighted by atomic mass is 9.98. The monoisotopic (exact) mass is 313 g/mol. The van der Waals surface area contributed by atoms with Crippen molar-refractivity contribution in [3.05, 3.63) is 27.7 Å².